The fourth-order valence-corrected chi connectivity index (χ4v) is 4.09. The minimum Gasteiger partial charge on any atom is -0.449 e. The Morgan fingerprint density at radius 1 is 1.03 bits per heavy atom. The molecule has 0 unspecified atom stereocenters. The zero-order valence-corrected chi connectivity index (χ0v) is 18.1. The summed E-state index contributed by atoms with van der Waals surface area (Å²) in [6.07, 6.45) is 2.15. The lowest BCUT2D eigenvalue weighted by atomic mass is 10.0. The molecule has 4 rings (SSSR count). The van der Waals surface area contributed by atoms with Crippen molar-refractivity contribution in [1.29, 1.82) is 0 Å². The Morgan fingerprint density at radius 2 is 1.74 bits per heavy atom. The molecule has 0 amide bonds. The molecule has 6 nitrogen and oxygen atoms in total. The summed E-state index contributed by atoms with van der Waals surface area (Å²) in [5, 5.41) is 5.12. The van der Waals surface area contributed by atoms with Gasteiger partial charge >= 0.3 is 5.97 Å². The highest BCUT2D eigenvalue weighted by Gasteiger charge is 2.25. The molecule has 0 bridgehead atoms. The number of fused-ring (bicyclic) bond motifs is 2. The quantitative estimate of drug-likeness (QED) is 0.447. The van der Waals surface area contributed by atoms with Crippen LogP contribution in [-0.2, 0) is 24.1 Å². The van der Waals surface area contributed by atoms with E-state index in [-0.39, 0.29) is 23.0 Å². The number of ketones is 1. The highest BCUT2D eigenvalue weighted by molar-refractivity contribution is 6.05. The zero-order valence-electron chi connectivity index (χ0n) is 18.1. The summed E-state index contributed by atoms with van der Waals surface area (Å²) in [4.78, 5) is 38.6. The van der Waals surface area contributed by atoms with Gasteiger partial charge in [0.25, 0.3) is 5.56 Å². The Kier molecular flexibility index (Phi) is 5.72. The summed E-state index contributed by atoms with van der Waals surface area (Å²) < 4.78 is 6.82. The number of hydrogen-bond acceptors (Lipinski definition) is 5. The lowest BCUT2D eigenvalue weighted by Gasteiger charge is -2.15. The van der Waals surface area contributed by atoms with Gasteiger partial charge in [-0.15, -0.1) is 0 Å². The van der Waals surface area contributed by atoms with Crippen LogP contribution in [0.15, 0.2) is 47.3 Å². The number of benzene rings is 2. The van der Waals surface area contributed by atoms with E-state index in [0.717, 1.165) is 19.3 Å². The number of esters is 1. The Morgan fingerprint density at radius 3 is 2.48 bits per heavy atom. The van der Waals surface area contributed by atoms with Gasteiger partial charge < -0.3 is 4.74 Å². The summed E-state index contributed by atoms with van der Waals surface area (Å²) >= 11 is 0. The van der Waals surface area contributed by atoms with E-state index in [1.165, 1.54) is 15.8 Å². The van der Waals surface area contributed by atoms with E-state index in [9.17, 15) is 14.4 Å². The zero-order chi connectivity index (χ0) is 22.1. The molecule has 2 aromatic carbocycles. The standard InChI is InChI=1S/C25H26N2O4/c1-15(2)14-27-24(29)21-10-5-4-9-20(21)22(26-27)25(30)31-16(3)23(28)19-12-11-17-7-6-8-18(17)13-19/h4-5,9-13,15-16H,6-8,14H2,1-3H3/t16-/m1/s1. The van der Waals surface area contributed by atoms with Crippen LogP contribution in [0.5, 0.6) is 0 Å². The fraction of sp³-hybridized carbons (Fsp3) is 0.360. The molecule has 6 heteroatoms. The molecule has 1 aliphatic carbocycles. The number of ether oxygens (including phenoxy) is 1. The summed E-state index contributed by atoms with van der Waals surface area (Å²) in [6, 6.07) is 12.5. The summed E-state index contributed by atoms with van der Waals surface area (Å²) in [5.41, 5.74) is 2.82. The van der Waals surface area contributed by atoms with Gasteiger partial charge in [0.1, 0.15) is 0 Å². The first kappa shape index (κ1) is 21.0. The Balaban J connectivity index is 1.62. The van der Waals surface area contributed by atoms with Gasteiger partial charge in [0.15, 0.2) is 11.8 Å². The lowest BCUT2D eigenvalue weighted by Crippen LogP contribution is -2.30. The predicted octanol–water partition coefficient (Wildman–Crippen LogP) is 3.97. The molecule has 0 radical (unpaired) electrons. The van der Waals surface area contributed by atoms with Crippen LogP contribution in [0.3, 0.4) is 0 Å². The number of Topliss-reactive ketones (excluding diaryl/α,β-unsaturated/α-hetero) is 1. The van der Waals surface area contributed by atoms with Gasteiger partial charge in [0.2, 0.25) is 5.78 Å². The minimum atomic E-state index is -0.960. The molecule has 31 heavy (non-hydrogen) atoms. The number of rotatable bonds is 6. The molecular formula is C25H26N2O4. The molecule has 0 saturated heterocycles. The normalized spacial score (nSPS) is 13.9. The number of aromatic nitrogens is 2. The molecule has 0 saturated carbocycles. The smallest absolute Gasteiger partial charge is 0.360 e. The highest BCUT2D eigenvalue weighted by Crippen LogP contribution is 2.24. The Hall–Kier alpha value is -3.28. The predicted molar refractivity (Wildman–Crippen MR) is 119 cm³/mol. The number of carbonyl (C=O) groups is 2. The van der Waals surface area contributed by atoms with Crippen LogP contribution in [0.25, 0.3) is 10.8 Å². The maximum atomic E-state index is 13.0. The second-order valence-corrected chi connectivity index (χ2v) is 8.52. The summed E-state index contributed by atoms with van der Waals surface area (Å²) in [7, 11) is 0. The van der Waals surface area contributed by atoms with Crippen molar-refractivity contribution < 1.29 is 14.3 Å². The Labute approximate surface area is 180 Å². The SMILES string of the molecule is CC(C)Cn1nc(C(=O)O[C@H](C)C(=O)c2ccc3c(c2)CCC3)c2ccccc2c1=O. The molecule has 1 aromatic heterocycles. The van der Waals surface area contributed by atoms with Crippen LogP contribution in [0, 0.1) is 5.92 Å². The first-order valence-corrected chi connectivity index (χ1v) is 10.7. The van der Waals surface area contributed by atoms with Gasteiger partial charge in [-0.05, 0) is 55.4 Å². The summed E-state index contributed by atoms with van der Waals surface area (Å²) in [5.74, 6) is -0.783. The lowest BCUT2D eigenvalue weighted by molar-refractivity contribution is 0.0312. The Bertz CT molecular complexity index is 1230. The highest BCUT2D eigenvalue weighted by atomic mass is 16.5. The average molecular weight is 418 g/mol. The topological polar surface area (TPSA) is 78.3 Å². The van der Waals surface area contributed by atoms with Crippen molar-refractivity contribution in [2.45, 2.75) is 52.7 Å². The van der Waals surface area contributed by atoms with Crippen LogP contribution in [0.1, 0.15) is 59.2 Å². The summed E-state index contributed by atoms with van der Waals surface area (Å²) in [6.45, 7) is 5.89. The third-order valence-electron chi connectivity index (χ3n) is 5.64. The fourth-order valence-electron chi connectivity index (χ4n) is 4.09. The van der Waals surface area contributed by atoms with E-state index >= 15 is 0 Å². The molecule has 0 N–H and O–H groups in total. The molecule has 1 aliphatic rings. The molecule has 3 aromatic rings. The maximum absolute atomic E-state index is 13.0. The van der Waals surface area contributed by atoms with Crippen LogP contribution in [0.4, 0.5) is 0 Å². The second kappa shape index (κ2) is 8.46. The molecule has 160 valence electrons. The van der Waals surface area contributed by atoms with Crippen LogP contribution < -0.4 is 5.56 Å². The van der Waals surface area contributed by atoms with Crippen LogP contribution >= 0.6 is 0 Å². The molecule has 1 atom stereocenters. The number of nitrogens with zero attached hydrogens (tertiary/aromatic N) is 2. The van der Waals surface area contributed by atoms with E-state index < -0.39 is 12.1 Å². The van der Waals surface area contributed by atoms with Gasteiger partial charge in [0, 0.05) is 17.5 Å². The van der Waals surface area contributed by atoms with Crippen molar-refractivity contribution in [2.75, 3.05) is 0 Å². The van der Waals surface area contributed by atoms with Gasteiger partial charge in [-0.3, -0.25) is 9.59 Å². The van der Waals surface area contributed by atoms with E-state index in [0.29, 0.717) is 22.9 Å². The van der Waals surface area contributed by atoms with Crippen molar-refractivity contribution in [2.24, 2.45) is 5.92 Å². The molecule has 0 aliphatic heterocycles. The molecule has 0 spiro atoms. The van der Waals surface area contributed by atoms with E-state index in [1.807, 2.05) is 26.0 Å². The third kappa shape index (κ3) is 4.15. The monoisotopic (exact) mass is 418 g/mol. The second-order valence-electron chi connectivity index (χ2n) is 8.52. The van der Waals surface area contributed by atoms with E-state index in [4.69, 9.17) is 4.74 Å². The largest absolute Gasteiger partial charge is 0.449 e. The minimum absolute atomic E-state index is 0.0458. The van der Waals surface area contributed by atoms with Gasteiger partial charge in [-0.2, -0.15) is 5.10 Å². The van der Waals surface area contributed by atoms with Crippen molar-refractivity contribution >= 4 is 22.5 Å². The van der Waals surface area contributed by atoms with E-state index in [1.54, 1.807) is 37.3 Å². The van der Waals surface area contributed by atoms with Gasteiger partial charge in [-0.25, -0.2) is 9.48 Å². The van der Waals surface area contributed by atoms with Crippen molar-refractivity contribution in [1.82, 2.24) is 9.78 Å². The van der Waals surface area contributed by atoms with Gasteiger partial charge in [-0.1, -0.05) is 44.2 Å². The first-order chi connectivity index (χ1) is 14.8. The third-order valence-corrected chi connectivity index (χ3v) is 5.64. The molecule has 0 fully saturated rings. The molecular weight excluding hydrogens is 392 g/mol. The van der Waals surface area contributed by atoms with Crippen molar-refractivity contribution in [3.05, 3.63) is 75.2 Å². The average Bonchev–Trinajstić information content (AvgIpc) is 3.22. The van der Waals surface area contributed by atoms with Crippen molar-refractivity contribution in [3.63, 3.8) is 0 Å². The number of hydrogen-bond donors (Lipinski definition) is 0. The molecule has 1 heterocycles. The number of aryl methyl sites for hydroxylation is 2. The maximum Gasteiger partial charge on any atom is 0.360 e. The first-order valence-electron chi connectivity index (χ1n) is 10.7. The number of carbonyl (C=O) groups excluding carboxylic acids is 2. The van der Waals surface area contributed by atoms with Crippen LogP contribution in [0.2, 0.25) is 0 Å². The van der Waals surface area contributed by atoms with Crippen molar-refractivity contribution in [3.8, 4) is 0 Å². The van der Waals surface area contributed by atoms with Crippen LogP contribution in [-0.4, -0.2) is 27.6 Å². The van der Waals surface area contributed by atoms with E-state index in [2.05, 4.69) is 5.10 Å². The van der Waals surface area contributed by atoms with Gasteiger partial charge in [0.05, 0.1) is 5.39 Å².